The van der Waals surface area contributed by atoms with Crippen LogP contribution in [0, 0.1) is 19.8 Å². The van der Waals surface area contributed by atoms with Crippen molar-refractivity contribution in [2.45, 2.75) is 46.0 Å². The van der Waals surface area contributed by atoms with Crippen molar-refractivity contribution in [3.05, 3.63) is 23.3 Å². The topological polar surface area (TPSA) is 32.3 Å². The van der Waals surface area contributed by atoms with Gasteiger partial charge in [-0.1, -0.05) is 25.3 Å². The van der Waals surface area contributed by atoms with Crippen LogP contribution in [0.1, 0.15) is 43.2 Å². The molecule has 94 valence electrons. The highest BCUT2D eigenvalue weighted by Gasteiger charge is 2.13. The number of phenols is 1. The Balaban J connectivity index is 1.96. The Morgan fingerprint density at radius 1 is 1.18 bits per heavy atom. The van der Waals surface area contributed by atoms with E-state index in [1.54, 1.807) is 0 Å². The minimum Gasteiger partial charge on any atom is -0.507 e. The first-order valence-corrected chi connectivity index (χ1v) is 6.71. The molecule has 0 aromatic heterocycles. The third-order valence-corrected chi connectivity index (χ3v) is 3.94. The summed E-state index contributed by atoms with van der Waals surface area (Å²) in [4.78, 5) is 0. The number of hydrogen-bond acceptors (Lipinski definition) is 2. The highest BCUT2D eigenvalue weighted by atomic mass is 16.3. The number of phenolic OH excluding ortho intramolecular Hbond substituents is 1. The predicted molar refractivity (Wildman–Crippen MR) is 72.6 cm³/mol. The van der Waals surface area contributed by atoms with Gasteiger partial charge in [-0.15, -0.1) is 0 Å². The second kappa shape index (κ2) is 5.44. The maximum absolute atomic E-state index is 9.88. The summed E-state index contributed by atoms with van der Waals surface area (Å²) < 4.78 is 0. The lowest BCUT2D eigenvalue weighted by molar-refractivity contribution is 0.373. The van der Waals surface area contributed by atoms with Gasteiger partial charge in [-0.2, -0.15) is 0 Å². The lowest BCUT2D eigenvalue weighted by Crippen LogP contribution is -2.17. The van der Waals surface area contributed by atoms with E-state index < -0.39 is 0 Å². The van der Waals surface area contributed by atoms with Crippen LogP contribution in [0.3, 0.4) is 0 Å². The first-order chi connectivity index (χ1) is 8.18. The second-order valence-corrected chi connectivity index (χ2v) is 5.29. The number of aryl methyl sites for hydroxylation is 1. The molecule has 2 N–H and O–H groups in total. The SMILES string of the molecule is Cc1ccc(NCC2CCCCC2)c(C)c1O. The highest BCUT2D eigenvalue weighted by Crippen LogP contribution is 2.29. The molecule has 0 heterocycles. The smallest absolute Gasteiger partial charge is 0.123 e. The molecule has 0 aliphatic heterocycles. The third kappa shape index (κ3) is 2.93. The first kappa shape index (κ1) is 12.3. The van der Waals surface area contributed by atoms with E-state index in [-0.39, 0.29) is 0 Å². The van der Waals surface area contributed by atoms with Crippen LogP contribution in [0.5, 0.6) is 5.75 Å². The molecule has 0 amide bonds. The van der Waals surface area contributed by atoms with E-state index in [1.165, 1.54) is 32.1 Å². The quantitative estimate of drug-likeness (QED) is 0.827. The van der Waals surface area contributed by atoms with E-state index >= 15 is 0 Å². The highest BCUT2D eigenvalue weighted by molar-refractivity contribution is 5.59. The lowest BCUT2D eigenvalue weighted by Gasteiger charge is -2.23. The molecule has 0 unspecified atom stereocenters. The Bertz CT molecular complexity index is 381. The van der Waals surface area contributed by atoms with Gasteiger partial charge < -0.3 is 10.4 Å². The van der Waals surface area contributed by atoms with Crippen LogP contribution in [0.2, 0.25) is 0 Å². The van der Waals surface area contributed by atoms with Crippen LogP contribution in [-0.2, 0) is 0 Å². The number of anilines is 1. The molecule has 1 saturated carbocycles. The Kier molecular flexibility index (Phi) is 3.93. The van der Waals surface area contributed by atoms with Gasteiger partial charge in [0.05, 0.1) is 0 Å². The summed E-state index contributed by atoms with van der Waals surface area (Å²) in [5.41, 5.74) is 3.00. The molecule has 1 aliphatic rings. The van der Waals surface area contributed by atoms with E-state index in [4.69, 9.17) is 0 Å². The van der Waals surface area contributed by atoms with Gasteiger partial charge in [0.1, 0.15) is 5.75 Å². The number of rotatable bonds is 3. The molecule has 0 atom stereocenters. The van der Waals surface area contributed by atoms with Crippen LogP contribution >= 0.6 is 0 Å². The van der Waals surface area contributed by atoms with Gasteiger partial charge in [0, 0.05) is 17.8 Å². The fourth-order valence-corrected chi connectivity index (χ4v) is 2.67. The average molecular weight is 233 g/mol. The molecular weight excluding hydrogens is 210 g/mol. The van der Waals surface area contributed by atoms with Crippen molar-refractivity contribution in [1.82, 2.24) is 0 Å². The van der Waals surface area contributed by atoms with Gasteiger partial charge >= 0.3 is 0 Å². The molecule has 1 aliphatic carbocycles. The van der Waals surface area contributed by atoms with Crippen molar-refractivity contribution in [2.75, 3.05) is 11.9 Å². The minimum absolute atomic E-state index is 0.429. The molecule has 0 saturated heterocycles. The van der Waals surface area contributed by atoms with E-state index in [9.17, 15) is 5.11 Å². The van der Waals surface area contributed by atoms with Crippen molar-refractivity contribution in [3.63, 3.8) is 0 Å². The van der Waals surface area contributed by atoms with E-state index in [1.807, 2.05) is 19.9 Å². The third-order valence-electron chi connectivity index (χ3n) is 3.94. The van der Waals surface area contributed by atoms with E-state index in [0.29, 0.717) is 5.75 Å². The Morgan fingerprint density at radius 2 is 1.88 bits per heavy atom. The number of benzene rings is 1. The van der Waals surface area contributed by atoms with Crippen LogP contribution in [0.25, 0.3) is 0 Å². The molecule has 2 nitrogen and oxygen atoms in total. The zero-order valence-electron chi connectivity index (χ0n) is 10.9. The minimum atomic E-state index is 0.429. The van der Waals surface area contributed by atoms with Gasteiger partial charge in [0.15, 0.2) is 0 Å². The van der Waals surface area contributed by atoms with Crippen LogP contribution in [0.15, 0.2) is 12.1 Å². The van der Waals surface area contributed by atoms with Gasteiger partial charge in [0.25, 0.3) is 0 Å². The largest absolute Gasteiger partial charge is 0.507 e. The monoisotopic (exact) mass is 233 g/mol. The molecule has 1 fully saturated rings. The standard InChI is InChI=1S/C15H23NO/c1-11-8-9-14(12(2)15(11)17)16-10-13-6-4-3-5-7-13/h8-9,13,16-17H,3-7,10H2,1-2H3. The zero-order valence-corrected chi connectivity index (χ0v) is 10.9. The molecule has 0 radical (unpaired) electrons. The summed E-state index contributed by atoms with van der Waals surface area (Å²) >= 11 is 0. The van der Waals surface area contributed by atoms with Crippen molar-refractivity contribution >= 4 is 5.69 Å². The Hall–Kier alpha value is -1.18. The lowest BCUT2D eigenvalue weighted by atomic mass is 9.89. The van der Waals surface area contributed by atoms with Crippen LogP contribution < -0.4 is 5.32 Å². The number of hydrogen-bond donors (Lipinski definition) is 2. The van der Waals surface area contributed by atoms with Gasteiger partial charge in [-0.25, -0.2) is 0 Å². The number of nitrogens with one attached hydrogen (secondary N) is 1. The van der Waals surface area contributed by atoms with Gasteiger partial charge in [-0.3, -0.25) is 0 Å². The fraction of sp³-hybridized carbons (Fsp3) is 0.600. The molecule has 0 bridgehead atoms. The Labute approximate surface area is 104 Å². The van der Waals surface area contributed by atoms with E-state index in [2.05, 4.69) is 11.4 Å². The van der Waals surface area contributed by atoms with Crippen LogP contribution in [-0.4, -0.2) is 11.7 Å². The van der Waals surface area contributed by atoms with Crippen molar-refractivity contribution < 1.29 is 5.11 Å². The maximum atomic E-state index is 9.88. The fourth-order valence-electron chi connectivity index (χ4n) is 2.67. The molecule has 0 spiro atoms. The van der Waals surface area contributed by atoms with E-state index in [0.717, 1.165) is 29.3 Å². The summed E-state index contributed by atoms with van der Waals surface area (Å²) in [6.07, 6.45) is 6.86. The zero-order chi connectivity index (χ0) is 12.3. The average Bonchev–Trinajstić information content (AvgIpc) is 2.36. The number of aromatic hydroxyl groups is 1. The van der Waals surface area contributed by atoms with Crippen molar-refractivity contribution in [3.8, 4) is 5.75 Å². The normalized spacial score (nSPS) is 17.1. The Morgan fingerprint density at radius 3 is 2.59 bits per heavy atom. The van der Waals surface area contributed by atoms with Gasteiger partial charge in [0.2, 0.25) is 0 Å². The predicted octanol–water partition coefficient (Wildman–Crippen LogP) is 4.00. The molecular formula is C15H23NO. The van der Waals surface area contributed by atoms with Crippen molar-refractivity contribution in [1.29, 1.82) is 0 Å². The summed E-state index contributed by atoms with van der Waals surface area (Å²) in [6.45, 7) is 4.96. The van der Waals surface area contributed by atoms with Gasteiger partial charge in [-0.05, 0) is 44.2 Å². The summed E-state index contributed by atoms with van der Waals surface area (Å²) in [5, 5.41) is 13.4. The van der Waals surface area contributed by atoms with Crippen molar-refractivity contribution in [2.24, 2.45) is 5.92 Å². The summed E-state index contributed by atoms with van der Waals surface area (Å²) in [5.74, 6) is 1.24. The first-order valence-electron chi connectivity index (χ1n) is 6.71. The molecule has 2 heteroatoms. The molecule has 2 rings (SSSR count). The molecule has 1 aromatic carbocycles. The molecule has 1 aromatic rings. The van der Waals surface area contributed by atoms with Crippen LogP contribution in [0.4, 0.5) is 5.69 Å². The summed E-state index contributed by atoms with van der Waals surface area (Å²) in [6, 6.07) is 4.05. The molecule has 17 heavy (non-hydrogen) atoms. The second-order valence-electron chi connectivity index (χ2n) is 5.29. The maximum Gasteiger partial charge on any atom is 0.123 e. The summed E-state index contributed by atoms with van der Waals surface area (Å²) in [7, 11) is 0.